The molecule has 0 amide bonds. The first-order valence-electron chi connectivity index (χ1n) is 6.18. The van der Waals surface area contributed by atoms with Crippen LogP contribution in [0.2, 0.25) is 0 Å². The molecule has 1 rings (SSSR count). The van der Waals surface area contributed by atoms with Crippen LogP contribution in [0.4, 0.5) is 0 Å². The average Bonchev–Trinajstić information content (AvgIpc) is 2.81. The van der Waals surface area contributed by atoms with Crippen molar-refractivity contribution in [3.63, 3.8) is 0 Å². The Balaban J connectivity index is 0.00000225. The smallest absolute Gasteiger partial charge is 0.191 e. The summed E-state index contributed by atoms with van der Waals surface area (Å²) in [6, 6.07) is 0.654. The Morgan fingerprint density at radius 1 is 1.44 bits per heavy atom. The molecule has 0 aromatic heterocycles. The largest absolute Gasteiger partial charge is 0.357 e. The average molecular weight is 339 g/mol. The van der Waals surface area contributed by atoms with Gasteiger partial charge >= 0.3 is 0 Å². The summed E-state index contributed by atoms with van der Waals surface area (Å²) in [4.78, 5) is 4.56. The van der Waals surface area contributed by atoms with Crippen molar-refractivity contribution >= 4 is 29.9 Å². The molecule has 0 heterocycles. The van der Waals surface area contributed by atoms with Gasteiger partial charge < -0.3 is 10.6 Å². The van der Waals surface area contributed by atoms with E-state index in [4.69, 9.17) is 0 Å². The third-order valence-electron chi connectivity index (χ3n) is 2.75. The van der Waals surface area contributed by atoms with Crippen LogP contribution in [0.1, 0.15) is 40.5 Å². The van der Waals surface area contributed by atoms with Gasteiger partial charge in [0.2, 0.25) is 0 Å². The van der Waals surface area contributed by atoms with E-state index in [1.165, 1.54) is 6.42 Å². The third kappa shape index (κ3) is 6.55. The highest BCUT2D eigenvalue weighted by Gasteiger charge is 2.33. The summed E-state index contributed by atoms with van der Waals surface area (Å²) < 4.78 is 0. The summed E-state index contributed by atoms with van der Waals surface area (Å²) in [6.07, 6.45) is 2.45. The van der Waals surface area contributed by atoms with Crippen LogP contribution in [0.3, 0.4) is 0 Å². The van der Waals surface area contributed by atoms with Crippen LogP contribution < -0.4 is 10.6 Å². The zero-order valence-electron chi connectivity index (χ0n) is 10.9. The molecule has 0 aromatic carbocycles. The Bertz CT molecular complexity index is 216. The first kappa shape index (κ1) is 16.0. The van der Waals surface area contributed by atoms with Crippen LogP contribution in [0, 0.1) is 11.8 Å². The summed E-state index contributed by atoms with van der Waals surface area (Å²) in [5, 5.41) is 6.74. The fourth-order valence-corrected chi connectivity index (χ4v) is 1.45. The van der Waals surface area contributed by atoms with E-state index in [2.05, 4.69) is 43.3 Å². The number of guanidine groups is 1. The Kier molecular flexibility index (Phi) is 8.14. The molecule has 1 saturated carbocycles. The molecule has 16 heavy (non-hydrogen) atoms. The van der Waals surface area contributed by atoms with Crippen molar-refractivity contribution in [2.75, 3.05) is 13.1 Å². The lowest BCUT2D eigenvalue weighted by Gasteiger charge is -2.11. The van der Waals surface area contributed by atoms with Crippen molar-refractivity contribution in [1.82, 2.24) is 10.6 Å². The minimum atomic E-state index is 0. The van der Waals surface area contributed by atoms with Gasteiger partial charge in [0, 0.05) is 19.1 Å². The van der Waals surface area contributed by atoms with Crippen molar-refractivity contribution in [3.8, 4) is 0 Å². The lowest BCUT2D eigenvalue weighted by Crippen LogP contribution is -2.39. The van der Waals surface area contributed by atoms with Gasteiger partial charge in [0.25, 0.3) is 0 Å². The number of nitrogens with one attached hydrogen (secondary N) is 2. The number of hydrogen-bond donors (Lipinski definition) is 2. The van der Waals surface area contributed by atoms with Gasteiger partial charge in [-0.25, -0.2) is 0 Å². The first-order chi connectivity index (χ1) is 7.13. The molecule has 2 atom stereocenters. The van der Waals surface area contributed by atoms with E-state index in [1.807, 2.05) is 0 Å². The van der Waals surface area contributed by atoms with Gasteiger partial charge in [-0.15, -0.1) is 24.0 Å². The lowest BCUT2D eigenvalue weighted by molar-refractivity contribution is 0.594. The summed E-state index contributed by atoms with van der Waals surface area (Å²) in [5.74, 6) is 2.54. The van der Waals surface area contributed by atoms with Gasteiger partial charge in [0.05, 0.1) is 0 Å². The molecule has 96 valence electrons. The van der Waals surface area contributed by atoms with Crippen molar-refractivity contribution in [2.24, 2.45) is 16.8 Å². The number of hydrogen-bond acceptors (Lipinski definition) is 1. The summed E-state index contributed by atoms with van der Waals surface area (Å²) in [5.41, 5.74) is 0. The second-order valence-electron chi connectivity index (χ2n) is 4.91. The van der Waals surface area contributed by atoms with Gasteiger partial charge in [-0.2, -0.15) is 0 Å². The van der Waals surface area contributed by atoms with E-state index in [9.17, 15) is 0 Å². The number of rotatable bonds is 5. The first-order valence-corrected chi connectivity index (χ1v) is 6.18. The number of halogens is 1. The highest BCUT2D eigenvalue weighted by atomic mass is 127. The van der Waals surface area contributed by atoms with E-state index in [0.717, 1.165) is 37.3 Å². The molecular weight excluding hydrogens is 313 g/mol. The van der Waals surface area contributed by atoms with Gasteiger partial charge in [0.15, 0.2) is 5.96 Å². The van der Waals surface area contributed by atoms with Gasteiger partial charge in [0.1, 0.15) is 0 Å². The lowest BCUT2D eigenvalue weighted by atomic mass is 10.1. The molecule has 1 aliphatic rings. The predicted molar refractivity (Wildman–Crippen MR) is 81.6 cm³/mol. The summed E-state index contributed by atoms with van der Waals surface area (Å²) in [6.45, 7) is 10.7. The van der Waals surface area contributed by atoms with Gasteiger partial charge in [-0.1, -0.05) is 20.8 Å². The minimum absolute atomic E-state index is 0. The van der Waals surface area contributed by atoms with Crippen molar-refractivity contribution in [1.29, 1.82) is 0 Å². The van der Waals surface area contributed by atoms with E-state index in [-0.39, 0.29) is 24.0 Å². The second kappa shape index (κ2) is 8.14. The molecule has 0 saturated heterocycles. The van der Waals surface area contributed by atoms with E-state index in [0.29, 0.717) is 6.04 Å². The minimum Gasteiger partial charge on any atom is -0.357 e. The Morgan fingerprint density at radius 2 is 2.06 bits per heavy atom. The maximum Gasteiger partial charge on any atom is 0.191 e. The van der Waals surface area contributed by atoms with Crippen LogP contribution in [-0.4, -0.2) is 25.1 Å². The molecule has 2 unspecified atom stereocenters. The third-order valence-corrected chi connectivity index (χ3v) is 2.75. The molecule has 0 bridgehead atoms. The van der Waals surface area contributed by atoms with Crippen LogP contribution >= 0.6 is 24.0 Å². The Morgan fingerprint density at radius 3 is 2.50 bits per heavy atom. The molecule has 3 nitrogen and oxygen atoms in total. The standard InChI is InChI=1S/C12H25N3.HI/c1-5-13-12(14-7-6-9(2)3)15-11-8-10(11)4;/h9-11H,5-8H2,1-4H3,(H2,13,14,15);1H. The highest BCUT2D eigenvalue weighted by molar-refractivity contribution is 14.0. The van der Waals surface area contributed by atoms with Crippen molar-refractivity contribution in [3.05, 3.63) is 0 Å². The van der Waals surface area contributed by atoms with E-state index < -0.39 is 0 Å². The Hall–Kier alpha value is 0. The topological polar surface area (TPSA) is 36.4 Å². The van der Waals surface area contributed by atoms with E-state index in [1.54, 1.807) is 0 Å². The second-order valence-corrected chi connectivity index (χ2v) is 4.91. The zero-order chi connectivity index (χ0) is 11.3. The number of nitrogens with zero attached hydrogens (tertiary/aromatic N) is 1. The fraction of sp³-hybridized carbons (Fsp3) is 0.917. The Labute approximate surface area is 117 Å². The van der Waals surface area contributed by atoms with Crippen LogP contribution in [0.25, 0.3) is 0 Å². The molecule has 2 N–H and O–H groups in total. The molecule has 0 aromatic rings. The molecule has 0 spiro atoms. The summed E-state index contributed by atoms with van der Waals surface area (Å²) in [7, 11) is 0. The predicted octanol–water partition coefficient (Wildman–Crippen LogP) is 2.61. The summed E-state index contributed by atoms with van der Waals surface area (Å²) >= 11 is 0. The van der Waals surface area contributed by atoms with Crippen LogP contribution in [0.15, 0.2) is 4.99 Å². The van der Waals surface area contributed by atoms with Gasteiger partial charge in [-0.3, -0.25) is 4.99 Å². The molecule has 1 aliphatic carbocycles. The molecular formula is C12H26IN3. The number of aliphatic imine (C=N–C) groups is 1. The maximum absolute atomic E-state index is 4.56. The monoisotopic (exact) mass is 339 g/mol. The fourth-order valence-electron chi connectivity index (χ4n) is 1.45. The van der Waals surface area contributed by atoms with Crippen molar-refractivity contribution < 1.29 is 0 Å². The highest BCUT2D eigenvalue weighted by Crippen LogP contribution is 2.28. The van der Waals surface area contributed by atoms with Crippen LogP contribution in [0.5, 0.6) is 0 Å². The van der Waals surface area contributed by atoms with E-state index >= 15 is 0 Å². The molecule has 0 radical (unpaired) electrons. The van der Waals surface area contributed by atoms with Gasteiger partial charge in [-0.05, 0) is 31.6 Å². The molecule has 4 heteroatoms. The molecule has 0 aliphatic heterocycles. The van der Waals surface area contributed by atoms with Crippen molar-refractivity contribution in [2.45, 2.75) is 46.6 Å². The van der Waals surface area contributed by atoms with Crippen LogP contribution in [-0.2, 0) is 0 Å². The zero-order valence-corrected chi connectivity index (χ0v) is 13.2. The molecule has 1 fully saturated rings. The quantitative estimate of drug-likeness (QED) is 0.459. The SMILES string of the molecule is CCNC(=NCCC(C)C)NC1CC1C.I. The maximum atomic E-state index is 4.56. The normalized spacial score (nSPS) is 23.9.